The third kappa shape index (κ3) is 3.03. The number of hydrogen-bond acceptors (Lipinski definition) is 5. The average Bonchev–Trinajstić information content (AvgIpc) is 2.48. The van der Waals surface area contributed by atoms with Crippen molar-refractivity contribution in [1.82, 2.24) is 9.97 Å². The van der Waals surface area contributed by atoms with Crippen LogP contribution in [0.25, 0.3) is 0 Å². The minimum absolute atomic E-state index is 0.278. The lowest BCUT2D eigenvalue weighted by Gasteiger charge is -2.11. The van der Waals surface area contributed by atoms with Crippen molar-refractivity contribution in [3.05, 3.63) is 42.2 Å². The molecule has 1 amide bonds. The van der Waals surface area contributed by atoms with Crippen molar-refractivity contribution in [3.8, 4) is 5.75 Å². The molecule has 6 nitrogen and oxygen atoms in total. The Bertz CT molecular complexity index is 596. The van der Waals surface area contributed by atoms with Crippen molar-refractivity contribution in [1.29, 1.82) is 0 Å². The van der Waals surface area contributed by atoms with Gasteiger partial charge in [-0.3, -0.25) is 4.79 Å². The Morgan fingerprint density at radius 1 is 1.20 bits per heavy atom. The lowest BCUT2D eigenvalue weighted by atomic mass is 10.2. The van der Waals surface area contributed by atoms with Gasteiger partial charge in [0, 0.05) is 26.5 Å². The van der Waals surface area contributed by atoms with Crippen LogP contribution in [0.1, 0.15) is 10.4 Å². The zero-order chi connectivity index (χ0) is 14.5. The van der Waals surface area contributed by atoms with E-state index < -0.39 is 0 Å². The molecule has 0 radical (unpaired) electrons. The third-order valence-corrected chi connectivity index (χ3v) is 2.66. The molecule has 0 aliphatic rings. The SMILES string of the molecule is COc1ccccc1NC(=O)c1cnc(N(C)C)nc1. The van der Waals surface area contributed by atoms with Crippen LogP contribution in [-0.4, -0.2) is 37.1 Å². The maximum absolute atomic E-state index is 12.1. The summed E-state index contributed by atoms with van der Waals surface area (Å²) in [6.07, 6.45) is 2.99. The number of rotatable bonds is 4. The molecular formula is C14H16N4O2. The van der Waals surface area contributed by atoms with Crippen molar-refractivity contribution in [2.24, 2.45) is 0 Å². The number of aromatic nitrogens is 2. The number of hydrogen-bond donors (Lipinski definition) is 1. The molecule has 0 aliphatic carbocycles. The monoisotopic (exact) mass is 272 g/mol. The lowest BCUT2D eigenvalue weighted by Crippen LogP contribution is -2.16. The van der Waals surface area contributed by atoms with Crippen LogP contribution < -0.4 is 15.0 Å². The summed E-state index contributed by atoms with van der Waals surface area (Å²) in [7, 11) is 5.23. The number of carbonyl (C=O) groups is 1. The lowest BCUT2D eigenvalue weighted by molar-refractivity contribution is 0.102. The third-order valence-electron chi connectivity index (χ3n) is 2.66. The van der Waals surface area contributed by atoms with E-state index in [-0.39, 0.29) is 5.91 Å². The number of para-hydroxylation sites is 2. The molecule has 2 aromatic rings. The van der Waals surface area contributed by atoms with Gasteiger partial charge in [-0.1, -0.05) is 12.1 Å². The number of carbonyl (C=O) groups excluding carboxylic acids is 1. The summed E-state index contributed by atoms with van der Waals surface area (Å²) in [4.78, 5) is 22.1. The van der Waals surface area contributed by atoms with E-state index in [2.05, 4.69) is 15.3 Å². The average molecular weight is 272 g/mol. The minimum Gasteiger partial charge on any atom is -0.495 e. The van der Waals surface area contributed by atoms with E-state index in [0.29, 0.717) is 22.9 Å². The molecule has 6 heteroatoms. The van der Waals surface area contributed by atoms with Crippen molar-refractivity contribution in [3.63, 3.8) is 0 Å². The smallest absolute Gasteiger partial charge is 0.258 e. The molecule has 104 valence electrons. The maximum atomic E-state index is 12.1. The highest BCUT2D eigenvalue weighted by molar-refractivity contribution is 6.04. The Kier molecular flexibility index (Phi) is 4.14. The maximum Gasteiger partial charge on any atom is 0.258 e. The highest BCUT2D eigenvalue weighted by atomic mass is 16.5. The summed E-state index contributed by atoms with van der Waals surface area (Å²) in [5.41, 5.74) is 0.998. The van der Waals surface area contributed by atoms with Gasteiger partial charge in [0.25, 0.3) is 5.91 Å². The quantitative estimate of drug-likeness (QED) is 0.919. The Morgan fingerprint density at radius 3 is 2.45 bits per heavy atom. The molecule has 1 heterocycles. The Balaban J connectivity index is 2.15. The van der Waals surface area contributed by atoms with Crippen molar-refractivity contribution in [2.45, 2.75) is 0 Å². The molecule has 0 saturated heterocycles. The molecule has 0 spiro atoms. The summed E-state index contributed by atoms with van der Waals surface area (Å²) >= 11 is 0. The molecule has 2 rings (SSSR count). The summed E-state index contributed by atoms with van der Waals surface area (Å²) in [5.74, 6) is 0.880. The second-order valence-corrected chi connectivity index (χ2v) is 4.32. The summed E-state index contributed by atoms with van der Waals surface area (Å²) in [5, 5.41) is 2.77. The van der Waals surface area contributed by atoms with Crippen LogP contribution in [0.3, 0.4) is 0 Å². The normalized spacial score (nSPS) is 9.95. The Hall–Kier alpha value is -2.63. The van der Waals surface area contributed by atoms with Crippen LogP contribution >= 0.6 is 0 Å². The van der Waals surface area contributed by atoms with Gasteiger partial charge in [0.05, 0.1) is 18.4 Å². The number of ether oxygens (including phenoxy) is 1. The van der Waals surface area contributed by atoms with Crippen LogP contribution in [0.15, 0.2) is 36.7 Å². The van der Waals surface area contributed by atoms with Crippen LogP contribution in [0.4, 0.5) is 11.6 Å². The standard InChI is InChI=1S/C14H16N4O2/c1-18(2)14-15-8-10(9-16-14)13(19)17-11-6-4-5-7-12(11)20-3/h4-9H,1-3H3,(H,17,19). The topological polar surface area (TPSA) is 67.3 Å². The Labute approximate surface area is 117 Å². The van der Waals surface area contributed by atoms with E-state index in [0.717, 1.165) is 0 Å². The predicted molar refractivity (Wildman–Crippen MR) is 77.3 cm³/mol. The van der Waals surface area contributed by atoms with E-state index in [1.165, 1.54) is 12.4 Å². The number of nitrogens with zero attached hydrogens (tertiary/aromatic N) is 3. The number of methoxy groups -OCH3 is 1. The number of anilines is 2. The van der Waals surface area contributed by atoms with Crippen LogP contribution in [0.2, 0.25) is 0 Å². The molecule has 1 aromatic heterocycles. The first-order valence-corrected chi connectivity index (χ1v) is 6.05. The molecule has 1 N–H and O–H groups in total. The molecule has 1 aromatic carbocycles. The molecule has 0 fully saturated rings. The molecule has 0 unspecified atom stereocenters. The second kappa shape index (κ2) is 6.01. The van der Waals surface area contributed by atoms with Crippen molar-refractivity contribution in [2.75, 3.05) is 31.4 Å². The van der Waals surface area contributed by atoms with Gasteiger partial charge < -0.3 is 15.0 Å². The summed E-state index contributed by atoms with van der Waals surface area (Å²) in [6, 6.07) is 7.21. The predicted octanol–water partition coefficient (Wildman–Crippen LogP) is 1.80. The van der Waals surface area contributed by atoms with Gasteiger partial charge >= 0.3 is 0 Å². The first-order chi connectivity index (χ1) is 9.61. The van der Waals surface area contributed by atoms with Crippen LogP contribution in [0.5, 0.6) is 5.75 Å². The van der Waals surface area contributed by atoms with E-state index in [9.17, 15) is 4.79 Å². The van der Waals surface area contributed by atoms with Gasteiger partial charge in [0.15, 0.2) is 0 Å². The fraction of sp³-hybridized carbons (Fsp3) is 0.214. The largest absolute Gasteiger partial charge is 0.495 e. The van der Waals surface area contributed by atoms with Crippen molar-refractivity contribution >= 4 is 17.5 Å². The zero-order valence-electron chi connectivity index (χ0n) is 11.6. The molecular weight excluding hydrogens is 256 g/mol. The van der Waals surface area contributed by atoms with Crippen molar-refractivity contribution < 1.29 is 9.53 Å². The van der Waals surface area contributed by atoms with Crippen LogP contribution in [0, 0.1) is 0 Å². The molecule has 0 saturated carbocycles. The second-order valence-electron chi connectivity index (χ2n) is 4.32. The van der Waals surface area contributed by atoms with E-state index in [1.807, 2.05) is 26.2 Å². The van der Waals surface area contributed by atoms with E-state index in [1.54, 1.807) is 24.1 Å². The summed E-state index contributed by atoms with van der Waals surface area (Å²) < 4.78 is 5.18. The fourth-order valence-electron chi connectivity index (χ4n) is 1.61. The van der Waals surface area contributed by atoms with E-state index >= 15 is 0 Å². The first kappa shape index (κ1) is 13.8. The molecule has 20 heavy (non-hydrogen) atoms. The zero-order valence-corrected chi connectivity index (χ0v) is 11.6. The highest BCUT2D eigenvalue weighted by Gasteiger charge is 2.10. The van der Waals surface area contributed by atoms with Gasteiger partial charge in [0.1, 0.15) is 5.75 Å². The number of nitrogens with one attached hydrogen (secondary N) is 1. The Morgan fingerprint density at radius 2 is 1.85 bits per heavy atom. The van der Waals surface area contributed by atoms with Gasteiger partial charge in [0.2, 0.25) is 5.95 Å². The van der Waals surface area contributed by atoms with Gasteiger partial charge in [-0.2, -0.15) is 0 Å². The molecule has 0 atom stereocenters. The molecule has 0 bridgehead atoms. The number of benzene rings is 1. The highest BCUT2D eigenvalue weighted by Crippen LogP contribution is 2.23. The van der Waals surface area contributed by atoms with E-state index in [4.69, 9.17) is 4.74 Å². The van der Waals surface area contributed by atoms with Gasteiger partial charge in [-0.25, -0.2) is 9.97 Å². The van der Waals surface area contributed by atoms with Gasteiger partial charge in [-0.05, 0) is 12.1 Å². The summed E-state index contributed by atoms with van der Waals surface area (Å²) in [6.45, 7) is 0. The number of amides is 1. The minimum atomic E-state index is -0.278. The fourth-order valence-corrected chi connectivity index (χ4v) is 1.61. The first-order valence-electron chi connectivity index (χ1n) is 6.05. The van der Waals surface area contributed by atoms with Gasteiger partial charge in [-0.15, -0.1) is 0 Å². The molecule has 0 aliphatic heterocycles. The van der Waals surface area contributed by atoms with Crippen LogP contribution in [-0.2, 0) is 0 Å².